The average molecular weight is 416 g/mol. The van der Waals surface area contributed by atoms with E-state index < -0.39 is 15.9 Å². The maximum atomic E-state index is 11.8. The highest BCUT2D eigenvalue weighted by Crippen LogP contribution is 2.29. The number of primary amides is 1. The molecule has 1 amide bonds. The van der Waals surface area contributed by atoms with Crippen molar-refractivity contribution >= 4 is 43.1 Å². The van der Waals surface area contributed by atoms with Gasteiger partial charge in [0, 0.05) is 29.8 Å². The predicted octanol–water partition coefficient (Wildman–Crippen LogP) is 0.888. The van der Waals surface area contributed by atoms with E-state index in [0.29, 0.717) is 24.3 Å². The molecule has 2 aromatic heterocycles. The minimum Gasteiger partial charge on any atom is -0.378 e. The summed E-state index contributed by atoms with van der Waals surface area (Å²) in [6.07, 6.45) is 4.38. The fourth-order valence-electron chi connectivity index (χ4n) is 2.93. The van der Waals surface area contributed by atoms with E-state index in [1.807, 2.05) is 13.0 Å². The van der Waals surface area contributed by atoms with Crippen LogP contribution in [0, 0.1) is 5.92 Å². The van der Waals surface area contributed by atoms with E-state index in [0.717, 1.165) is 4.47 Å². The van der Waals surface area contributed by atoms with Crippen molar-refractivity contribution in [3.05, 3.63) is 28.5 Å². The molecule has 0 radical (unpaired) electrons. The zero-order valence-corrected chi connectivity index (χ0v) is 15.6. The van der Waals surface area contributed by atoms with Crippen LogP contribution in [-0.2, 0) is 10.0 Å². The third-order valence-electron chi connectivity index (χ3n) is 4.25. The zero-order valence-electron chi connectivity index (χ0n) is 13.2. The van der Waals surface area contributed by atoms with Gasteiger partial charge in [0.2, 0.25) is 10.0 Å². The Morgan fingerprint density at radius 2 is 2.17 bits per heavy atom. The largest absolute Gasteiger partial charge is 0.378 e. The number of nitrogens with one attached hydrogen (secondary N) is 1. The Morgan fingerprint density at radius 3 is 2.75 bits per heavy atom. The summed E-state index contributed by atoms with van der Waals surface area (Å²) in [5, 5.41) is 7.48. The summed E-state index contributed by atoms with van der Waals surface area (Å²) in [6.45, 7) is 2.75. The fourth-order valence-corrected chi connectivity index (χ4v) is 4.28. The number of amides is 1. The van der Waals surface area contributed by atoms with Crippen LogP contribution in [0.4, 0.5) is 5.69 Å². The van der Waals surface area contributed by atoms with E-state index >= 15 is 0 Å². The first kappa shape index (κ1) is 17.2. The summed E-state index contributed by atoms with van der Waals surface area (Å²) < 4.78 is 27.4. The number of carbonyl (C=O) groups excluding carboxylic acids is 1. The first-order chi connectivity index (χ1) is 11.2. The number of halogens is 1. The molecule has 2 atom stereocenters. The molecule has 1 fully saturated rings. The summed E-state index contributed by atoms with van der Waals surface area (Å²) in [4.78, 5) is 11.8. The SMILES string of the molecule is CC1CN(S(C)(=O)=O)CC1Nc1c(C(N)=O)cnn2cc(Br)cc12. The quantitative estimate of drug-likeness (QED) is 0.769. The number of anilines is 1. The second-order valence-electron chi connectivity index (χ2n) is 6.09. The Hall–Kier alpha value is -1.65. The third-order valence-corrected chi connectivity index (χ3v) is 5.92. The molecule has 8 nitrogen and oxygen atoms in total. The molecule has 0 saturated carbocycles. The summed E-state index contributed by atoms with van der Waals surface area (Å²) in [5.41, 5.74) is 7.01. The smallest absolute Gasteiger partial charge is 0.252 e. The van der Waals surface area contributed by atoms with E-state index in [2.05, 4.69) is 26.3 Å². The minimum absolute atomic E-state index is 0.0899. The molecule has 2 unspecified atom stereocenters. The fraction of sp³-hybridized carbons (Fsp3) is 0.429. The first-order valence-corrected chi connectivity index (χ1v) is 9.99. The van der Waals surface area contributed by atoms with E-state index in [4.69, 9.17) is 5.73 Å². The number of nitrogens with two attached hydrogens (primary N) is 1. The molecule has 24 heavy (non-hydrogen) atoms. The van der Waals surface area contributed by atoms with Crippen LogP contribution in [0.15, 0.2) is 22.9 Å². The summed E-state index contributed by atoms with van der Waals surface area (Å²) >= 11 is 3.39. The van der Waals surface area contributed by atoms with Gasteiger partial charge in [-0.3, -0.25) is 4.79 Å². The van der Waals surface area contributed by atoms with Gasteiger partial charge < -0.3 is 11.1 Å². The van der Waals surface area contributed by atoms with Gasteiger partial charge in [0.15, 0.2) is 0 Å². The molecule has 0 aliphatic carbocycles. The molecule has 2 aromatic rings. The monoisotopic (exact) mass is 415 g/mol. The third kappa shape index (κ3) is 3.13. The molecule has 1 saturated heterocycles. The predicted molar refractivity (Wildman–Crippen MR) is 94.4 cm³/mol. The van der Waals surface area contributed by atoms with E-state index in [-0.39, 0.29) is 17.5 Å². The van der Waals surface area contributed by atoms with Crippen LogP contribution in [-0.4, -0.2) is 53.6 Å². The van der Waals surface area contributed by atoms with Crippen molar-refractivity contribution < 1.29 is 13.2 Å². The topological polar surface area (TPSA) is 110 Å². The maximum absolute atomic E-state index is 11.8. The lowest BCUT2D eigenvalue weighted by atomic mass is 10.1. The van der Waals surface area contributed by atoms with E-state index in [9.17, 15) is 13.2 Å². The zero-order chi connectivity index (χ0) is 17.6. The molecule has 0 bridgehead atoms. The van der Waals surface area contributed by atoms with Gasteiger partial charge in [-0.05, 0) is 27.9 Å². The van der Waals surface area contributed by atoms with Gasteiger partial charge in [-0.1, -0.05) is 6.92 Å². The van der Waals surface area contributed by atoms with Gasteiger partial charge in [0.1, 0.15) is 0 Å². The molecule has 1 aliphatic rings. The van der Waals surface area contributed by atoms with Gasteiger partial charge in [0.25, 0.3) is 5.91 Å². The second kappa shape index (κ2) is 6.01. The normalized spacial score (nSPS) is 22.1. The lowest BCUT2D eigenvalue weighted by molar-refractivity contribution is 0.100. The van der Waals surface area contributed by atoms with Crippen LogP contribution in [0.1, 0.15) is 17.3 Å². The number of sulfonamides is 1. The molecule has 0 aromatic carbocycles. The Balaban J connectivity index is 2.00. The Kier molecular flexibility index (Phi) is 4.30. The molecule has 3 N–H and O–H groups in total. The number of fused-ring (bicyclic) bond motifs is 1. The van der Waals surface area contributed by atoms with Gasteiger partial charge in [-0.25, -0.2) is 12.9 Å². The average Bonchev–Trinajstić information content (AvgIpc) is 3.01. The highest BCUT2D eigenvalue weighted by atomic mass is 79.9. The number of aromatic nitrogens is 2. The van der Waals surface area contributed by atoms with Crippen molar-refractivity contribution in [3.8, 4) is 0 Å². The van der Waals surface area contributed by atoms with Crippen molar-refractivity contribution in [1.29, 1.82) is 0 Å². The first-order valence-electron chi connectivity index (χ1n) is 7.35. The van der Waals surface area contributed by atoms with E-state index in [1.165, 1.54) is 16.8 Å². The lowest BCUT2D eigenvalue weighted by Gasteiger charge is -2.20. The highest BCUT2D eigenvalue weighted by Gasteiger charge is 2.35. The molecule has 3 rings (SSSR count). The van der Waals surface area contributed by atoms with Gasteiger partial charge in [-0.15, -0.1) is 0 Å². The molecule has 3 heterocycles. The summed E-state index contributed by atoms with van der Waals surface area (Å²) in [6, 6.07) is 1.70. The number of hydrogen-bond donors (Lipinski definition) is 2. The van der Waals surface area contributed by atoms with Crippen molar-refractivity contribution in [3.63, 3.8) is 0 Å². The number of hydrogen-bond acceptors (Lipinski definition) is 5. The number of rotatable bonds is 4. The molecular weight excluding hydrogens is 398 g/mol. The second-order valence-corrected chi connectivity index (χ2v) is 8.99. The van der Waals surface area contributed by atoms with Crippen LogP contribution < -0.4 is 11.1 Å². The van der Waals surface area contributed by atoms with Gasteiger partial charge in [0.05, 0.1) is 29.2 Å². The van der Waals surface area contributed by atoms with Crippen molar-refractivity contribution in [2.45, 2.75) is 13.0 Å². The van der Waals surface area contributed by atoms with Crippen LogP contribution >= 0.6 is 15.9 Å². The lowest BCUT2D eigenvalue weighted by Crippen LogP contribution is -2.32. The molecular formula is C14H18BrN5O3S. The highest BCUT2D eigenvalue weighted by molar-refractivity contribution is 9.10. The summed E-state index contributed by atoms with van der Waals surface area (Å²) in [7, 11) is -3.25. The molecule has 1 aliphatic heterocycles. The van der Waals surface area contributed by atoms with Crippen LogP contribution in [0.2, 0.25) is 0 Å². The number of carbonyl (C=O) groups is 1. The Bertz CT molecular complexity index is 911. The standard InChI is InChI=1S/C14H18BrN5O3S/c1-8-5-19(24(2,22)23)7-11(8)18-13-10(14(16)21)4-17-20-6-9(15)3-12(13)20/h3-4,6,8,11,18H,5,7H2,1-2H3,(H2,16,21). The minimum atomic E-state index is -3.25. The maximum Gasteiger partial charge on any atom is 0.252 e. The van der Waals surface area contributed by atoms with Crippen LogP contribution in [0.25, 0.3) is 5.52 Å². The van der Waals surface area contributed by atoms with Crippen molar-refractivity contribution in [2.75, 3.05) is 24.7 Å². The molecule has 130 valence electrons. The Labute approximate surface area is 148 Å². The molecule has 0 spiro atoms. The van der Waals surface area contributed by atoms with E-state index in [1.54, 1.807) is 10.7 Å². The van der Waals surface area contributed by atoms with Crippen molar-refractivity contribution in [2.24, 2.45) is 11.7 Å². The van der Waals surface area contributed by atoms with Crippen LogP contribution in [0.3, 0.4) is 0 Å². The van der Waals surface area contributed by atoms with Crippen molar-refractivity contribution in [1.82, 2.24) is 13.9 Å². The Morgan fingerprint density at radius 1 is 1.46 bits per heavy atom. The van der Waals surface area contributed by atoms with Gasteiger partial charge >= 0.3 is 0 Å². The number of nitrogens with zero attached hydrogens (tertiary/aromatic N) is 3. The van der Waals surface area contributed by atoms with Gasteiger partial charge in [-0.2, -0.15) is 9.40 Å². The molecule has 10 heteroatoms. The summed E-state index contributed by atoms with van der Waals surface area (Å²) in [5.74, 6) is -0.498. The van der Waals surface area contributed by atoms with Crippen LogP contribution in [0.5, 0.6) is 0 Å².